The predicted octanol–water partition coefficient (Wildman–Crippen LogP) is 4.73. The maximum atomic E-state index is 16.0. The number of esters is 2. The van der Waals surface area contributed by atoms with E-state index >= 15 is 4.79 Å². The lowest BCUT2D eigenvalue weighted by Gasteiger charge is -2.65. The van der Waals surface area contributed by atoms with Gasteiger partial charge in [0.15, 0.2) is 24.1 Å². The third-order valence-electron chi connectivity index (χ3n) is 14.8. The van der Waals surface area contributed by atoms with Crippen molar-refractivity contribution in [3.8, 4) is 0 Å². The molecule has 348 valence electrons. The Morgan fingerprint density at radius 2 is 1.66 bits per heavy atom. The number of aliphatic hydroxyl groups excluding tert-OH is 1. The second-order valence-corrected chi connectivity index (χ2v) is 20.0. The maximum absolute atomic E-state index is 16.0. The van der Waals surface area contributed by atoms with Crippen molar-refractivity contribution in [2.45, 2.75) is 153 Å². The number of amides is 1. The van der Waals surface area contributed by atoms with Gasteiger partial charge in [0, 0.05) is 36.2 Å². The van der Waals surface area contributed by atoms with E-state index in [0.717, 1.165) is 7.11 Å². The molecule has 19 heteroatoms. The maximum Gasteiger partial charge on any atom is 0.509 e. The summed E-state index contributed by atoms with van der Waals surface area (Å²) >= 11 is 0. The van der Waals surface area contributed by atoms with E-state index in [1.165, 1.54) is 33.1 Å². The molecule has 18 nitrogen and oxygen atoms in total. The number of aliphatic hydroxyl groups is 1. The van der Waals surface area contributed by atoms with Gasteiger partial charge in [-0.2, -0.15) is 0 Å². The van der Waals surface area contributed by atoms with Gasteiger partial charge in [0.25, 0.3) is 0 Å². The van der Waals surface area contributed by atoms with Crippen LogP contribution in [0.1, 0.15) is 92.4 Å². The summed E-state index contributed by atoms with van der Waals surface area (Å²) < 4.78 is 54.1. The first-order valence-corrected chi connectivity index (χ1v) is 21.5. The molecule has 3 saturated heterocycles. The van der Waals surface area contributed by atoms with Crippen LogP contribution in [0.4, 0.5) is 14.4 Å². The molecule has 5 fully saturated rings. The molecule has 3 aliphatic carbocycles. The molecule has 2 bridgehead atoms. The molecule has 0 radical (unpaired) electrons. The van der Waals surface area contributed by atoms with Gasteiger partial charge < -0.3 is 57.8 Å². The quantitative estimate of drug-likeness (QED) is 0.132. The van der Waals surface area contributed by atoms with Crippen LogP contribution in [0.15, 0.2) is 41.5 Å². The average Bonchev–Trinajstić information content (AvgIpc) is 3.76. The molecule has 1 aromatic carbocycles. The van der Waals surface area contributed by atoms with Crippen LogP contribution < -0.4 is 5.32 Å². The van der Waals surface area contributed by atoms with Crippen LogP contribution in [-0.4, -0.2) is 134 Å². The Bertz CT molecular complexity index is 2170. The van der Waals surface area contributed by atoms with Gasteiger partial charge in [-0.25, -0.2) is 24.0 Å². The molecule has 0 aromatic heterocycles. The Labute approximate surface area is 371 Å². The lowest BCUT2D eigenvalue weighted by atomic mass is 9.40. The van der Waals surface area contributed by atoms with E-state index in [1.54, 1.807) is 59.7 Å². The van der Waals surface area contributed by atoms with Crippen molar-refractivity contribution in [3.63, 3.8) is 0 Å². The zero-order chi connectivity index (χ0) is 47.3. The second-order valence-electron chi connectivity index (χ2n) is 20.0. The van der Waals surface area contributed by atoms with Gasteiger partial charge >= 0.3 is 30.3 Å². The molecule has 6 aliphatic rings. The number of carbonyl (C=O) groups excluding carboxylic acids is 7. The van der Waals surface area contributed by atoms with Crippen molar-refractivity contribution in [2.75, 3.05) is 20.8 Å². The predicted molar refractivity (Wildman–Crippen MR) is 222 cm³/mol. The molecule has 7 rings (SSSR count). The third kappa shape index (κ3) is 6.49. The van der Waals surface area contributed by atoms with E-state index in [-0.39, 0.29) is 42.1 Å². The standard InChI is InChI=1S/C45H58BNO17/c1-21(2)18-25(47-37(53)63-40(5,6)7)29(49)35(52)60-30-22(3)28-31(56-11)32(50)42(10)26(59-38(54)57-12)19-27-43(20-58-27)45(42,46(43)23(4)48)36(62-34(51)24-16-14-13-15-17-24)44(41(28,8)9)33(30)61-39(55)64-44/h13-17,21,25-27,29-31,33,36,49H,18-20H2,1-12H3,(H,47,53)/t25-,26-,27+,29+,30+,31+,33-,36+,42-,43-,44+,45+/m0/s1. The van der Waals surface area contributed by atoms with Crippen LogP contribution in [-0.2, 0) is 57.0 Å². The minimum Gasteiger partial charge on any atom is -0.454 e. The Kier molecular flexibility index (Phi) is 11.6. The first-order chi connectivity index (χ1) is 29.8. The van der Waals surface area contributed by atoms with E-state index in [1.807, 2.05) is 13.8 Å². The first-order valence-electron chi connectivity index (χ1n) is 21.5. The number of alkyl carbamates (subject to hydrolysis) is 1. The van der Waals surface area contributed by atoms with Crippen LogP contribution in [0, 0.1) is 16.7 Å². The van der Waals surface area contributed by atoms with Crippen molar-refractivity contribution in [1.82, 2.24) is 5.32 Å². The number of methoxy groups -OCH3 is 2. The Morgan fingerprint density at radius 1 is 1.00 bits per heavy atom. The average molecular weight is 896 g/mol. The Morgan fingerprint density at radius 3 is 2.20 bits per heavy atom. The van der Waals surface area contributed by atoms with Crippen LogP contribution in [0.5, 0.6) is 0 Å². The zero-order valence-electron chi connectivity index (χ0n) is 38.3. The van der Waals surface area contributed by atoms with Crippen molar-refractivity contribution in [3.05, 3.63) is 47.0 Å². The molecule has 2 N–H and O–H groups in total. The summed E-state index contributed by atoms with van der Waals surface area (Å²) in [5, 5.41) is 11.1. The monoisotopic (exact) mass is 895 g/mol. The highest BCUT2D eigenvalue weighted by molar-refractivity contribution is 7.04. The molecule has 1 amide bonds. The summed E-state index contributed by atoms with van der Waals surface area (Å²) in [5.41, 5.74) is -6.83. The van der Waals surface area contributed by atoms with Gasteiger partial charge in [0.05, 0.1) is 35.9 Å². The fourth-order valence-corrected chi connectivity index (χ4v) is 12.4. The lowest BCUT2D eigenvalue weighted by molar-refractivity contribution is -0.244. The molecule has 3 heterocycles. The molecule has 64 heavy (non-hydrogen) atoms. The smallest absolute Gasteiger partial charge is 0.454 e. The van der Waals surface area contributed by atoms with Gasteiger partial charge in [0.2, 0.25) is 12.3 Å². The van der Waals surface area contributed by atoms with Crippen LogP contribution in [0.3, 0.4) is 0 Å². The SMILES string of the molecule is COC(=O)O[C@H]1C[C@H]2OC[C@]23B(C(C)=O)[C@@]32[C@H](OC(=O)c3ccccc3)[C@]34OC(=O)O[C@H]3[C@H](OC(=O)[C@H](O)[C@H](CC(C)C)NC(=O)OC(C)(C)C)C(C)=C([C@@H](OC)C(=O)[C@]12C)C4(C)C. The van der Waals surface area contributed by atoms with Gasteiger partial charge in [-0.1, -0.05) is 45.9 Å². The number of rotatable bonds is 11. The van der Waals surface area contributed by atoms with Crippen LogP contribution in [0.25, 0.3) is 0 Å². The molecular weight excluding hydrogens is 837 g/mol. The van der Waals surface area contributed by atoms with Crippen molar-refractivity contribution in [1.29, 1.82) is 0 Å². The molecule has 3 aliphatic heterocycles. The molecule has 1 aromatic rings. The highest BCUT2D eigenvalue weighted by Gasteiger charge is 3.01. The summed E-state index contributed by atoms with van der Waals surface area (Å²) in [7, 11) is 2.38. The number of ketones is 1. The number of ether oxygens (including phenoxy) is 9. The fourth-order valence-electron chi connectivity index (χ4n) is 12.4. The number of Topliss-reactive ketones (excluding diaryl/α,β-unsaturated/α-hetero) is 1. The number of benzene rings is 1. The summed E-state index contributed by atoms with van der Waals surface area (Å²) in [6.45, 7) is 15.1. The van der Waals surface area contributed by atoms with E-state index in [9.17, 15) is 33.9 Å². The summed E-state index contributed by atoms with van der Waals surface area (Å²) in [4.78, 5) is 99.7. The molecule has 12 atom stereocenters. The van der Waals surface area contributed by atoms with Crippen molar-refractivity contribution >= 4 is 48.5 Å². The minimum atomic E-state index is -2.27. The van der Waals surface area contributed by atoms with Gasteiger partial charge in [-0.05, 0) is 77.2 Å². The number of nitrogens with one attached hydrogen (secondary N) is 1. The van der Waals surface area contributed by atoms with Gasteiger partial charge in [-0.15, -0.1) is 0 Å². The molecule has 3 spiro atoms. The largest absolute Gasteiger partial charge is 0.509 e. The fraction of sp³-hybridized carbons (Fsp3) is 0.667. The van der Waals surface area contributed by atoms with Gasteiger partial charge in [-0.3, -0.25) is 4.79 Å². The van der Waals surface area contributed by atoms with E-state index < -0.39 is 130 Å². The number of hydrogen-bond acceptors (Lipinski definition) is 17. The Hall–Kier alpha value is -5.01. The number of carbonyl (C=O) groups is 7. The normalized spacial score (nSPS) is 35.2. The number of fused-ring (bicyclic) bond motifs is 1. The second kappa shape index (κ2) is 15.9. The molecular formula is C45H58BNO17. The van der Waals surface area contributed by atoms with Crippen molar-refractivity contribution < 1.29 is 81.3 Å². The Balaban J connectivity index is 1.48. The van der Waals surface area contributed by atoms with Crippen LogP contribution >= 0.6 is 0 Å². The first kappa shape index (κ1) is 47.0. The summed E-state index contributed by atoms with van der Waals surface area (Å²) in [6, 6.07) is 6.67. The summed E-state index contributed by atoms with van der Waals surface area (Å²) in [6.07, 6.45) is -14.2. The van der Waals surface area contributed by atoms with E-state index in [4.69, 9.17) is 42.6 Å². The number of hydrogen-bond donors (Lipinski definition) is 2. The topological polar surface area (TPSA) is 235 Å². The van der Waals surface area contributed by atoms with E-state index in [0.29, 0.717) is 0 Å². The highest BCUT2D eigenvalue weighted by atomic mass is 16.8. The van der Waals surface area contributed by atoms with Gasteiger partial charge in [0.1, 0.15) is 23.9 Å². The zero-order valence-corrected chi connectivity index (χ0v) is 38.3. The lowest BCUT2D eigenvalue weighted by Crippen LogP contribution is -2.76. The minimum absolute atomic E-state index is 0.0657. The highest BCUT2D eigenvalue weighted by Crippen LogP contribution is 2.94. The van der Waals surface area contributed by atoms with Crippen molar-refractivity contribution in [2.24, 2.45) is 16.7 Å². The third-order valence-corrected chi connectivity index (χ3v) is 14.8. The molecule has 2 saturated carbocycles. The van der Waals surface area contributed by atoms with E-state index in [2.05, 4.69) is 5.32 Å². The van der Waals surface area contributed by atoms with Crippen LogP contribution in [0.2, 0.25) is 10.6 Å². The molecule has 0 unspecified atom stereocenters. The summed E-state index contributed by atoms with van der Waals surface area (Å²) in [5.74, 6) is -3.00.